The minimum absolute atomic E-state index is 0.0379. The molecule has 0 saturated heterocycles. The molecule has 1 saturated carbocycles. The number of carbonyl (C=O) groups excluding carboxylic acids is 1. The van der Waals surface area contributed by atoms with E-state index in [1.165, 1.54) is 18.2 Å². The van der Waals surface area contributed by atoms with Crippen LogP contribution in [0.4, 0.5) is 25.1 Å². The molecule has 4 rings (SSSR count). The van der Waals surface area contributed by atoms with E-state index in [0.29, 0.717) is 49.0 Å². The van der Waals surface area contributed by atoms with E-state index in [2.05, 4.69) is 37.0 Å². The highest BCUT2D eigenvalue weighted by molar-refractivity contribution is 5.78. The Kier molecular flexibility index (Phi) is 7.86. The molecule has 2 aromatic carbocycles. The first-order valence-electron chi connectivity index (χ1n) is 11.9. The Labute approximate surface area is 212 Å². The van der Waals surface area contributed by atoms with Crippen molar-refractivity contribution >= 4 is 17.8 Å². The van der Waals surface area contributed by atoms with Gasteiger partial charge in [-0.3, -0.25) is 4.79 Å². The number of nitrogens with one attached hydrogen (secondary N) is 3. The summed E-state index contributed by atoms with van der Waals surface area (Å²) >= 11 is 0. The van der Waals surface area contributed by atoms with Crippen molar-refractivity contribution < 1.29 is 18.0 Å². The average molecular weight is 510 g/mol. The molecule has 0 atom stereocenters. The number of benzene rings is 2. The molecule has 1 heterocycles. The first-order chi connectivity index (χ1) is 17.8. The van der Waals surface area contributed by atoms with Gasteiger partial charge >= 0.3 is 6.18 Å². The van der Waals surface area contributed by atoms with Crippen LogP contribution in [0.2, 0.25) is 0 Å². The molecule has 11 heteroatoms. The fraction of sp³-hybridized carbons (Fsp3) is 0.346. The van der Waals surface area contributed by atoms with Crippen LogP contribution in [0.15, 0.2) is 48.5 Å². The number of aromatic nitrogens is 3. The number of carbonyl (C=O) groups is 1. The molecule has 3 N–H and O–H groups in total. The maximum absolute atomic E-state index is 13.2. The quantitative estimate of drug-likeness (QED) is 0.421. The highest BCUT2D eigenvalue weighted by Gasteiger charge is 2.33. The largest absolute Gasteiger partial charge is 0.416 e. The second kappa shape index (κ2) is 11.2. The van der Waals surface area contributed by atoms with Crippen LogP contribution in [-0.4, -0.2) is 33.9 Å². The van der Waals surface area contributed by atoms with Crippen molar-refractivity contribution in [3.63, 3.8) is 0 Å². The van der Waals surface area contributed by atoms with Gasteiger partial charge in [-0.05, 0) is 61.6 Å². The van der Waals surface area contributed by atoms with Gasteiger partial charge in [0.2, 0.25) is 17.8 Å². The lowest BCUT2D eigenvalue weighted by atomic mass is 9.85. The lowest BCUT2D eigenvalue weighted by molar-refractivity contribution is -0.138. The van der Waals surface area contributed by atoms with Gasteiger partial charge in [0.1, 0.15) is 0 Å². The van der Waals surface area contributed by atoms with Crippen LogP contribution >= 0.6 is 0 Å². The molecule has 0 aliphatic heterocycles. The maximum atomic E-state index is 13.2. The predicted octanol–water partition coefficient (Wildman–Crippen LogP) is 4.76. The minimum atomic E-state index is -4.47. The molecule has 37 heavy (non-hydrogen) atoms. The lowest BCUT2D eigenvalue weighted by Gasteiger charge is -2.28. The van der Waals surface area contributed by atoms with Crippen molar-refractivity contribution in [2.75, 3.05) is 17.7 Å². The molecule has 1 amide bonds. The zero-order valence-corrected chi connectivity index (χ0v) is 20.1. The molecule has 1 aromatic heterocycles. The van der Waals surface area contributed by atoms with Crippen LogP contribution in [0.5, 0.6) is 0 Å². The standard InChI is InChI=1S/C26H26F3N7O/c1-31-24-34-22(17-8-6-16(14-30)7-9-17)35-25(36-24)33-20-12-10-18(11-13-20)23(37)32-15-19-4-2-3-5-21(19)26(27,28)29/h2-9,18,20H,10-13,15H2,1H3,(H,32,37)(H2,31,33,34,35,36)/t18-,20+. The zero-order chi connectivity index (χ0) is 26.4. The molecule has 1 fully saturated rings. The van der Waals surface area contributed by atoms with Gasteiger partial charge in [-0.25, -0.2) is 0 Å². The van der Waals surface area contributed by atoms with E-state index in [4.69, 9.17) is 5.26 Å². The number of nitrogens with zero attached hydrogens (tertiary/aromatic N) is 4. The van der Waals surface area contributed by atoms with Crippen molar-refractivity contribution in [1.82, 2.24) is 20.3 Å². The van der Waals surface area contributed by atoms with Gasteiger partial charge in [-0.15, -0.1) is 0 Å². The molecule has 192 valence electrons. The Morgan fingerprint density at radius 1 is 1.00 bits per heavy atom. The highest BCUT2D eigenvalue weighted by Crippen LogP contribution is 2.32. The number of anilines is 2. The summed E-state index contributed by atoms with van der Waals surface area (Å²) in [6.45, 7) is -0.164. The highest BCUT2D eigenvalue weighted by atomic mass is 19.4. The van der Waals surface area contributed by atoms with Crippen molar-refractivity contribution in [3.05, 3.63) is 65.2 Å². The van der Waals surface area contributed by atoms with Gasteiger partial charge in [-0.2, -0.15) is 33.4 Å². The summed E-state index contributed by atoms with van der Waals surface area (Å²) in [5.41, 5.74) is 0.595. The third-order valence-electron chi connectivity index (χ3n) is 6.34. The van der Waals surface area contributed by atoms with Crippen LogP contribution in [-0.2, 0) is 17.5 Å². The summed E-state index contributed by atoms with van der Waals surface area (Å²) in [7, 11) is 1.71. The molecule has 1 aliphatic rings. The molecule has 1 aliphatic carbocycles. The number of hydrogen-bond donors (Lipinski definition) is 3. The summed E-state index contributed by atoms with van der Waals surface area (Å²) in [5, 5.41) is 17.9. The van der Waals surface area contributed by atoms with Crippen LogP contribution < -0.4 is 16.0 Å². The number of halogens is 3. The van der Waals surface area contributed by atoms with Gasteiger partial charge < -0.3 is 16.0 Å². The van der Waals surface area contributed by atoms with Crippen LogP contribution in [0.1, 0.15) is 42.4 Å². The number of alkyl halides is 3. The van der Waals surface area contributed by atoms with Gasteiger partial charge in [0.25, 0.3) is 0 Å². The number of amides is 1. The number of rotatable bonds is 7. The molecule has 0 spiro atoms. The monoisotopic (exact) mass is 509 g/mol. The maximum Gasteiger partial charge on any atom is 0.416 e. The summed E-state index contributed by atoms with van der Waals surface area (Å²) in [4.78, 5) is 25.9. The third-order valence-corrected chi connectivity index (χ3v) is 6.34. The van der Waals surface area contributed by atoms with Crippen molar-refractivity contribution in [2.24, 2.45) is 5.92 Å². The van der Waals surface area contributed by atoms with E-state index >= 15 is 0 Å². The topological polar surface area (TPSA) is 116 Å². The first kappa shape index (κ1) is 25.9. The third kappa shape index (κ3) is 6.52. The van der Waals surface area contributed by atoms with Crippen LogP contribution in [0.25, 0.3) is 11.4 Å². The second-order valence-electron chi connectivity index (χ2n) is 8.81. The minimum Gasteiger partial charge on any atom is -0.357 e. The smallest absolute Gasteiger partial charge is 0.357 e. The normalized spacial score (nSPS) is 17.5. The fourth-order valence-corrected chi connectivity index (χ4v) is 4.34. The average Bonchev–Trinajstić information content (AvgIpc) is 2.91. The summed E-state index contributed by atoms with van der Waals surface area (Å²) < 4.78 is 39.6. The molecular formula is C26H26F3N7O. The zero-order valence-electron chi connectivity index (χ0n) is 20.1. The second-order valence-corrected chi connectivity index (χ2v) is 8.81. The SMILES string of the molecule is CNc1nc(N[C@H]2CC[C@@H](C(=O)NCc3ccccc3C(F)(F)F)CC2)nc(-c2ccc(C#N)cc2)n1. The van der Waals surface area contributed by atoms with Crippen molar-refractivity contribution in [2.45, 2.75) is 44.4 Å². The van der Waals surface area contributed by atoms with E-state index < -0.39 is 11.7 Å². The van der Waals surface area contributed by atoms with Gasteiger partial charge in [0, 0.05) is 31.1 Å². The Hall–Kier alpha value is -4.20. The summed E-state index contributed by atoms with van der Waals surface area (Å²) in [6, 6.07) is 14.3. The molecule has 0 radical (unpaired) electrons. The van der Waals surface area contributed by atoms with E-state index in [-0.39, 0.29) is 30.0 Å². The van der Waals surface area contributed by atoms with Gasteiger partial charge in [0.15, 0.2) is 5.82 Å². The molecule has 8 nitrogen and oxygen atoms in total. The Balaban J connectivity index is 1.34. The van der Waals surface area contributed by atoms with Crippen LogP contribution in [0.3, 0.4) is 0 Å². The van der Waals surface area contributed by atoms with Gasteiger partial charge in [-0.1, -0.05) is 18.2 Å². The Bertz CT molecular complexity index is 1280. The predicted molar refractivity (Wildman–Crippen MR) is 132 cm³/mol. The molecule has 0 unspecified atom stereocenters. The number of hydrogen-bond acceptors (Lipinski definition) is 7. The van der Waals surface area contributed by atoms with E-state index in [0.717, 1.165) is 11.6 Å². The van der Waals surface area contributed by atoms with E-state index in [9.17, 15) is 18.0 Å². The Morgan fingerprint density at radius 3 is 2.32 bits per heavy atom. The summed E-state index contributed by atoms with van der Waals surface area (Å²) in [6.07, 6.45) is -1.91. The van der Waals surface area contributed by atoms with E-state index in [1.54, 1.807) is 31.3 Å². The molecular weight excluding hydrogens is 483 g/mol. The summed E-state index contributed by atoms with van der Waals surface area (Å²) in [5.74, 6) is 0.741. The van der Waals surface area contributed by atoms with E-state index in [1.807, 2.05) is 0 Å². The van der Waals surface area contributed by atoms with Crippen LogP contribution in [0, 0.1) is 17.2 Å². The first-order valence-corrected chi connectivity index (χ1v) is 11.9. The van der Waals surface area contributed by atoms with Crippen molar-refractivity contribution in [3.8, 4) is 17.5 Å². The number of nitriles is 1. The lowest BCUT2D eigenvalue weighted by Crippen LogP contribution is -2.36. The van der Waals surface area contributed by atoms with Gasteiger partial charge in [0.05, 0.1) is 17.2 Å². The van der Waals surface area contributed by atoms with Crippen molar-refractivity contribution in [1.29, 1.82) is 5.26 Å². The fourth-order valence-electron chi connectivity index (χ4n) is 4.34. The Morgan fingerprint density at radius 2 is 1.68 bits per heavy atom. The molecule has 3 aromatic rings. The molecule has 0 bridgehead atoms.